The molecule has 0 aromatic heterocycles. The fourth-order valence-corrected chi connectivity index (χ4v) is 2.63. The third kappa shape index (κ3) is 6.28. The van der Waals surface area contributed by atoms with E-state index in [1.54, 1.807) is 45.2 Å². The number of benzene rings is 2. The largest absolute Gasteiger partial charge is 0.497 e. The van der Waals surface area contributed by atoms with Gasteiger partial charge >= 0.3 is 11.8 Å². The fourth-order valence-electron chi connectivity index (χ4n) is 2.63. The molecule has 0 bridgehead atoms. The molecule has 2 rings (SSSR count). The van der Waals surface area contributed by atoms with Crippen molar-refractivity contribution in [3.63, 3.8) is 0 Å². The minimum Gasteiger partial charge on any atom is -0.497 e. The Morgan fingerprint density at radius 1 is 1.17 bits per heavy atom. The summed E-state index contributed by atoms with van der Waals surface area (Å²) in [5.74, 6) is -1.24. The van der Waals surface area contributed by atoms with Gasteiger partial charge in [0.2, 0.25) is 0 Å². The Morgan fingerprint density at radius 2 is 1.83 bits per heavy atom. The Balaban J connectivity index is 1.94. The fraction of sp³-hybridized carbons (Fsp3) is 0.300. The van der Waals surface area contributed by atoms with Gasteiger partial charge in [-0.05, 0) is 37.1 Å². The van der Waals surface area contributed by atoms with E-state index in [1.807, 2.05) is 0 Å². The van der Waals surface area contributed by atoms with Crippen LogP contribution in [0.3, 0.4) is 0 Å². The number of nitrogens with zero attached hydrogens (tertiary/aromatic N) is 1. The molecule has 1 atom stereocenters. The van der Waals surface area contributed by atoms with Gasteiger partial charge in [0.05, 0.1) is 23.3 Å². The van der Waals surface area contributed by atoms with Crippen molar-refractivity contribution in [2.24, 2.45) is 0 Å². The maximum Gasteiger partial charge on any atom is 0.313 e. The molecule has 2 aromatic carbocycles. The number of aliphatic hydroxyl groups is 1. The number of nitro groups is 1. The molecule has 29 heavy (non-hydrogen) atoms. The first-order valence-electron chi connectivity index (χ1n) is 8.81. The topological polar surface area (TPSA) is 131 Å². The minimum absolute atomic E-state index is 0.154. The zero-order valence-corrected chi connectivity index (χ0v) is 16.4. The van der Waals surface area contributed by atoms with Crippen LogP contribution >= 0.6 is 0 Å². The first kappa shape index (κ1) is 21.8. The number of non-ortho nitro benzene ring substituents is 1. The number of hydrogen-bond donors (Lipinski definition) is 3. The second-order valence-electron chi connectivity index (χ2n) is 6.91. The number of carbonyl (C=O) groups excluding carboxylic acids is 2. The molecule has 1 unspecified atom stereocenters. The van der Waals surface area contributed by atoms with E-state index in [0.29, 0.717) is 11.3 Å². The lowest BCUT2D eigenvalue weighted by Crippen LogP contribution is -2.45. The molecule has 0 radical (unpaired) electrons. The molecule has 0 aliphatic rings. The standard InChI is InChI=1S/C20H23N3O6/c1-13-4-7-15(23(27)28)10-17(13)22-19(25)18(24)21-12-20(2,26)11-14-5-8-16(29-3)9-6-14/h4-10,26H,11-12H2,1-3H3,(H,21,24)(H,22,25). The maximum atomic E-state index is 12.1. The van der Waals surface area contributed by atoms with Crippen molar-refractivity contribution in [1.82, 2.24) is 5.32 Å². The molecule has 0 fully saturated rings. The number of anilines is 1. The molecule has 3 N–H and O–H groups in total. The van der Waals surface area contributed by atoms with Crippen LogP contribution in [0.25, 0.3) is 0 Å². The third-order valence-corrected chi connectivity index (χ3v) is 4.26. The highest BCUT2D eigenvalue weighted by atomic mass is 16.6. The molecule has 0 saturated carbocycles. The van der Waals surface area contributed by atoms with Gasteiger partial charge in [0, 0.05) is 25.1 Å². The van der Waals surface area contributed by atoms with Gasteiger partial charge in [0.15, 0.2) is 0 Å². The molecule has 0 saturated heterocycles. The quantitative estimate of drug-likeness (QED) is 0.369. The molecule has 0 aliphatic carbocycles. The van der Waals surface area contributed by atoms with Crippen LogP contribution in [0.15, 0.2) is 42.5 Å². The van der Waals surface area contributed by atoms with Crippen LogP contribution in [0, 0.1) is 17.0 Å². The van der Waals surface area contributed by atoms with E-state index >= 15 is 0 Å². The van der Waals surface area contributed by atoms with Gasteiger partial charge in [-0.25, -0.2) is 0 Å². The molecule has 2 amide bonds. The Bertz CT molecular complexity index is 909. The number of hydrogen-bond acceptors (Lipinski definition) is 6. The van der Waals surface area contributed by atoms with Crippen molar-refractivity contribution in [2.75, 3.05) is 19.0 Å². The number of nitro benzene ring substituents is 1. The van der Waals surface area contributed by atoms with Crippen LogP contribution in [0.4, 0.5) is 11.4 Å². The summed E-state index contributed by atoms with van der Waals surface area (Å²) in [5, 5.41) is 26.1. The number of amides is 2. The van der Waals surface area contributed by atoms with Crippen molar-refractivity contribution in [3.05, 3.63) is 63.7 Å². The van der Waals surface area contributed by atoms with Gasteiger partial charge in [-0.15, -0.1) is 0 Å². The summed E-state index contributed by atoms with van der Waals surface area (Å²) in [7, 11) is 1.56. The third-order valence-electron chi connectivity index (χ3n) is 4.26. The van der Waals surface area contributed by atoms with Crippen LogP contribution in [-0.4, -0.2) is 41.1 Å². The highest BCUT2D eigenvalue weighted by Crippen LogP contribution is 2.22. The number of ether oxygens (including phenoxy) is 1. The summed E-state index contributed by atoms with van der Waals surface area (Å²) in [6, 6.07) is 11.1. The van der Waals surface area contributed by atoms with Crippen molar-refractivity contribution >= 4 is 23.2 Å². The highest BCUT2D eigenvalue weighted by Gasteiger charge is 2.24. The first-order chi connectivity index (χ1) is 13.6. The summed E-state index contributed by atoms with van der Waals surface area (Å²) in [6.45, 7) is 3.04. The van der Waals surface area contributed by atoms with Crippen LogP contribution in [0.5, 0.6) is 5.75 Å². The lowest BCUT2D eigenvalue weighted by atomic mass is 9.96. The van der Waals surface area contributed by atoms with Crippen molar-refractivity contribution in [1.29, 1.82) is 0 Å². The van der Waals surface area contributed by atoms with Crippen molar-refractivity contribution in [3.8, 4) is 5.75 Å². The molecule has 0 heterocycles. The lowest BCUT2D eigenvalue weighted by Gasteiger charge is -2.23. The molecule has 0 aliphatic heterocycles. The Labute approximate surface area is 167 Å². The Kier molecular flexibility index (Phi) is 6.89. The van der Waals surface area contributed by atoms with E-state index in [1.165, 1.54) is 18.2 Å². The maximum absolute atomic E-state index is 12.1. The molecule has 0 spiro atoms. The molecular weight excluding hydrogens is 378 g/mol. The lowest BCUT2D eigenvalue weighted by molar-refractivity contribution is -0.384. The summed E-state index contributed by atoms with van der Waals surface area (Å²) in [5.41, 5.74) is 0.0921. The van der Waals surface area contributed by atoms with Gasteiger partial charge in [0.25, 0.3) is 5.69 Å². The van der Waals surface area contributed by atoms with Crippen LogP contribution in [0.1, 0.15) is 18.1 Å². The second kappa shape index (κ2) is 9.16. The highest BCUT2D eigenvalue weighted by molar-refractivity contribution is 6.39. The van der Waals surface area contributed by atoms with Crippen LogP contribution in [-0.2, 0) is 16.0 Å². The second-order valence-corrected chi connectivity index (χ2v) is 6.91. The number of aryl methyl sites for hydroxylation is 1. The van der Waals surface area contributed by atoms with Crippen molar-refractivity contribution in [2.45, 2.75) is 25.9 Å². The Morgan fingerprint density at radius 3 is 2.41 bits per heavy atom. The van der Waals surface area contributed by atoms with Crippen LogP contribution < -0.4 is 15.4 Å². The summed E-state index contributed by atoms with van der Waals surface area (Å²) >= 11 is 0. The molecule has 9 heteroatoms. The first-order valence-corrected chi connectivity index (χ1v) is 8.81. The molecule has 2 aromatic rings. The van der Waals surface area contributed by atoms with E-state index in [4.69, 9.17) is 4.74 Å². The average Bonchev–Trinajstić information content (AvgIpc) is 2.68. The minimum atomic E-state index is -1.29. The van der Waals surface area contributed by atoms with E-state index < -0.39 is 22.3 Å². The van der Waals surface area contributed by atoms with Crippen molar-refractivity contribution < 1.29 is 24.4 Å². The van der Waals surface area contributed by atoms with E-state index in [-0.39, 0.29) is 24.3 Å². The zero-order chi connectivity index (χ0) is 21.6. The molecular formula is C20H23N3O6. The SMILES string of the molecule is COc1ccc(CC(C)(O)CNC(=O)C(=O)Nc2cc([N+](=O)[O-])ccc2C)cc1. The van der Waals surface area contributed by atoms with Gasteiger partial charge in [-0.3, -0.25) is 19.7 Å². The normalized spacial score (nSPS) is 12.6. The van der Waals surface area contributed by atoms with E-state index in [2.05, 4.69) is 10.6 Å². The van der Waals surface area contributed by atoms with Crippen LogP contribution in [0.2, 0.25) is 0 Å². The monoisotopic (exact) mass is 401 g/mol. The van der Waals surface area contributed by atoms with Gasteiger partial charge in [-0.2, -0.15) is 0 Å². The number of nitrogens with one attached hydrogen (secondary N) is 2. The summed E-state index contributed by atoms with van der Waals surface area (Å²) in [6.07, 6.45) is 0.253. The number of carbonyl (C=O) groups is 2. The van der Waals surface area contributed by atoms with E-state index in [9.17, 15) is 24.8 Å². The average molecular weight is 401 g/mol. The van der Waals surface area contributed by atoms with Gasteiger partial charge in [0.1, 0.15) is 5.75 Å². The number of rotatable bonds is 7. The van der Waals surface area contributed by atoms with E-state index in [0.717, 1.165) is 5.56 Å². The summed E-state index contributed by atoms with van der Waals surface area (Å²) in [4.78, 5) is 34.4. The van der Waals surface area contributed by atoms with Gasteiger partial charge in [-0.1, -0.05) is 18.2 Å². The predicted molar refractivity (Wildman–Crippen MR) is 107 cm³/mol. The summed E-state index contributed by atoms with van der Waals surface area (Å²) < 4.78 is 5.08. The number of methoxy groups -OCH3 is 1. The zero-order valence-electron chi connectivity index (χ0n) is 16.4. The Hall–Kier alpha value is -3.46. The molecule has 154 valence electrons. The molecule has 9 nitrogen and oxygen atoms in total. The predicted octanol–water partition coefficient (Wildman–Crippen LogP) is 1.96. The van der Waals surface area contributed by atoms with Gasteiger partial charge < -0.3 is 20.5 Å². The smallest absolute Gasteiger partial charge is 0.313 e.